The number of benzene rings is 2. The van der Waals surface area contributed by atoms with Gasteiger partial charge in [-0.1, -0.05) is 24.3 Å². The highest BCUT2D eigenvalue weighted by atomic mass is 16.6. The molecule has 144 valence electrons. The van der Waals surface area contributed by atoms with Gasteiger partial charge in [-0.25, -0.2) is 4.79 Å². The topological polar surface area (TPSA) is 78.1 Å². The zero-order valence-electron chi connectivity index (χ0n) is 15.3. The summed E-state index contributed by atoms with van der Waals surface area (Å²) in [6.07, 6.45) is -0.230. The third-order valence-electron chi connectivity index (χ3n) is 3.94. The van der Waals surface area contributed by atoms with Crippen LogP contribution in [0.15, 0.2) is 48.5 Å². The fourth-order valence-corrected chi connectivity index (χ4v) is 2.62. The summed E-state index contributed by atoms with van der Waals surface area (Å²) in [5, 5.41) is 5.62. The molecule has 0 saturated carbocycles. The fraction of sp³-hybridized carbons (Fsp3) is 0.350. The zero-order chi connectivity index (χ0) is 18.9. The Bertz CT molecular complexity index is 753. The van der Waals surface area contributed by atoms with Gasteiger partial charge in [0.1, 0.15) is 6.61 Å². The van der Waals surface area contributed by atoms with E-state index >= 15 is 0 Å². The third kappa shape index (κ3) is 5.87. The van der Waals surface area contributed by atoms with E-state index in [1.807, 2.05) is 48.5 Å². The lowest BCUT2D eigenvalue weighted by molar-refractivity contribution is 0.0617. The molecule has 2 aromatic rings. The molecular weight excluding hydrogens is 348 g/mol. The number of urea groups is 1. The Morgan fingerprint density at radius 3 is 2.85 bits per heavy atom. The number of methoxy groups -OCH3 is 1. The molecule has 7 nitrogen and oxygen atoms in total. The van der Waals surface area contributed by atoms with Crippen molar-refractivity contribution in [2.24, 2.45) is 0 Å². The molecule has 2 N–H and O–H groups in total. The molecule has 0 radical (unpaired) electrons. The Labute approximate surface area is 158 Å². The van der Waals surface area contributed by atoms with Gasteiger partial charge in [0.15, 0.2) is 17.6 Å². The number of rotatable bonds is 8. The second kappa shape index (κ2) is 9.80. The van der Waals surface area contributed by atoms with Crippen LogP contribution in [-0.4, -0.2) is 45.6 Å². The van der Waals surface area contributed by atoms with Gasteiger partial charge in [-0.3, -0.25) is 0 Å². The number of nitrogens with one attached hydrogen (secondary N) is 2. The van der Waals surface area contributed by atoms with Crippen LogP contribution in [0.1, 0.15) is 5.56 Å². The SMILES string of the molecule is COCCOCc1cccc(NC(=O)NC[C@H]2COc3ccccc3O2)c1. The molecule has 1 aliphatic heterocycles. The molecule has 3 rings (SSSR count). The molecule has 1 atom stereocenters. The normalized spacial score (nSPS) is 15.2. The van der Waals surface area contributed by atoms with E-state index in [0.29, 0.717) is 44.4 Å². The van der Waals surface area contributed by atoms with Crippen LogP contribution in [0.3, 0.4) is 0 Å². The molecule has 7 heteroatoms. The van der Waals surface area contributed by atoms with Crippen LogP contribution in [-0.2, 0) is 16.1 Å². The van der Waals surface area contributed by atoms with Crippen molar-refractivity contribution in [3.8, 4) is 11.5 Å². The van der Waals surface area contributed by atoms with E-state index in [9.17, 15) is 4.79 Å². The van der Waals surface area contributed by atoms with Crippen molar-refractivity contribution < 1.29 is 23.7 Å². The highest BCUT2D eigenvalue weighted by molar-refractivity contribution is 5.89. The maximum atomic E-state index is 12.1. The van der Waals surface area contributed by atoms with Crippen LogP contribution in [0.5, 0.6) is 11.5 Å². The van der Waals surface area contributed by atoms with E-state index in [2.05, 4.69) is 10.6 Å². The summed E-state index contributed by atoms with van der Waals surface area (Å²) >= 11 is 0. The maximum absolute atomic E-state index is 12.1. The van der Waals surface area contributed by atoms with Gasteiger partial charge in [0.2, 0.25) is 0 Å². The van der Waals surface area contributed by atoms with Gasteiger partial charge in [0.25, 0.3) is 0 Å². The van der Waals surface area contributed by atoms with Crippen LogP contribution >= 0.6 is 0 Å². The van der Waals surface area contributed by atoms with E-state index in [4.69, 9.17) is 18.9 Å². The highest BCUT2D eigenvalue weighted by Crippen LogP contribution is 2.30. The third-order valence-corrected chi connectivity index (χ3v) is 3.94. The molecule has 1 aliphatic rings. The summed E-state index contributed by atoms with van der Waals surface area (Å²) < 4.78 is 21.9. The van der Waals surface area contributed by atoms with Gasteiger partial charge in [0.05, 0.1) is 26.4 Å². The van der Waals surface area contributed by atoms with Crippen LogP contribution in [0.2, 0.25) is 0 Å². The minimum Gasteiger partial charge on any atom is -0.486 e. The summed E-state index contributed by atoms with van der Waals surface area (Å²) in [4.78, 5) is 12.1. The first-order valence-corrected chi connectivity index (χ1v) is 8.83. The van der Waals surface area contributed by atoms with Gasteiger partial charge in [-0.15, -0.1) is 0 Å². The molecule has 0 bridgehead atoms. The van der Waals surface area contributed by atoms with Crippen molar-refractivity contribution in [3.05, 3.63) is 54.1 Å². The molecule has 2 amide bonds. The highest BCUT2D eigenvalue weighted by Gasteiger charge is 2.20. The van der Waals surface area contributed by atoms with Crippen molar-refractivity contribution in [3.63, 3.8) is 0 Å². The van der Waals surface area contributed by atoms with Crippen LogP contribution in [0.4, 0.5) is 10.5 Å². The summed E-state index contributed by atoms with van der Waals surface area (Å²) in [7, 11) is 1.63. The van der Waals surface area contributed by atoms with Gasteiger partial charge >= 0.3 is 6.03 Å². The zero-order valence-corrected chi connectivity index (χ0v) is 15.3. The van der Waals surface area contributed by atoms with Gasteiger partial charge in [-0.2, -0.15) is 0 Å². The first-order valence-electron chi connectivity index (χ1n) is 8.83. The average molecular weight is 372 g/mol. The number of carbonyl (C=O) groups is 1. The molecule has 1 heterocycles. The van der Waals surface area contributed by atoms with Gasteiger partial charge < -0.3 is 29.6 Å². The predicted octanol–water partition coefficient (Wildman–Crippen LogP) is 2.81. The molecular formula is C20H24N2O5. The number of para-hydroxylation sites is 2. The predicted molar refractivity (Wildman–Crippen MR) is 101 cm³/mol. The molecule has 0 unspecified atom stereocenters. The van der Waals surface area contributed by atoms with Crippen LogP contribution in [0.25, 0.3) is 0 Å². The van der Waals surface area contributed by atoms with E-state index in [-0.39, 0.29) is 12.1 Å². The first-order chi connectivity index (χ1) is 13.2. The lowest BCUT2D eigenvalue weighted by Crippen LogP contribution is -2.42. The van der Waals surface area contributed by atoms with Crippen molar-refractivity contribution in [1.29, 1.82) is 0 Å². The number of fused-ring (bicyclic) bond motifs is 1. The number of ether oxygens (including phenoxy) is 4. The van der Waals surface area contributed by atoms with E-state index in [1.54, 1.807) is 7.11 Å². The fourth-order valence-electron chi connectivity index (χ4n) is 2.62. The lowest BCUT2D eigenvalue weighted by atomic mass is 10.2. The second-order valence-electron chi connectivity index (χ2n) is 6.08. The summed E-state index contributed by atoms with van der Waals surface area (Å²) in [5.41, 5.74) is 1.68. The number of carbonyl (C=O) groups excluding carboxylic acids is 1. The molecule has 0 fully saturated rings. The van der Waals surface area contributed by atoms with Gasteiger partial charge in [-0.05, 0) is 29.8 Å². The summed E-state index contributed by atoms with van der Waals surface area (Å²) in [5.74, 6) is 1.42. The second-order valence-corrected chi connectivity index (χ2v) is 6.08. The molecule has 0 saturated heterocycles. The molecule has 2 aromatic carbocycles. The van der Waals surface area contributed by atoms with Gasteiger partial charge in [0, 0.05) is 12.8 Å². The molecule has 0 aliphatic carbocycles. The lowest BCUT2D eigenvalue weighted by Gasteiger charge is -2.26. The van der Waals surface area contributed by atoms with Crippen molar-refractivity contribution in [1.82, 2.24) is 5.32 Å². The van der Waals surface area contributed by atoms with E-state index in [0.717, 1.165) is 11.3 Å². The van der Waals surface area contributed by atoms with Crippen LogP contribution in [0, 0.1) is 0 Å². The Balaban J connectivity index is 1.43. The minimum absolute atomic E-state index is 0.230. The Kier molecular flexibility index (Phi) is 6.90. The number of hydrogen-bond acceptors (Lipinski definition) is 5. The smallest absolute Gasteiger partial charge is 0.319 e. The van der Waals surface area contributed by atoms with E-state index < -0.39 is 0 Å². The standard InChI is InChI=1S/C20H24N2O5/c1-24-9-10-25-13-15-5-4-6-16(11-15)22-20(23)21-12-17-14-26-18-7-2-3-8-19(18)27-17/h2-8,11,17H,9-10,12-14H2,1H3,(H2,21,22,23)/t17-/m0/s1. The first kappa shape index (κ1) is 19.0. The monoisotopic (exact) mass is 372 g/mol. The number of anilines is 1. The number of hydrogen-bond donors (Lipinski definition) is 2. The van der Waals surface area contributed by atoms with Crippen molar-refractivity contribution >= 4 is 11.7 Å². The molecule has 0 spiro atoms. The Hall–Kier alpha value is -2.77. The average Bonchev–Trinajstić information content (AvgIpc) is 2.70. The number of amides is 2. The maximum Gasteiger partial charge on any atom is 0.319 e. The van der Waals surface area contributed by atoms with E-state index in [1.165, 1.54) is 0 Å². The van der Waals surface area contributed by atoms with Crippen LogP contribution < -0.4 is 20.1 Å². The Morgan fingerprint density at radius 2 is 2.00 bits per heavy atom. The summed E-state index contributed by atoms with van der Waals surface area (Å²) in [6.45, 7) is 2.29. The molecule has 27 heavy (non-hydrogen) atoms. The minimum atomic E-state index is -0.296. The largest absolute Gasteiger partial charge is 0.486 e. The van der Waals surface area contributed by atoms with Crippen molar-refractivity contribution in [2.45, 2.75) is 12.7 Å². The summed E-state index contributed by atoms with van der Waals surface area (Å²) in [6, 6.07) is 14.7. The quantitative estimate of drug-likeness (QED) is 0.697. The Morgan fingerprint density at radius 1 is 1.15 bits per heavy atom. The molecule has 0 aromatic heterocycles. The van der Waals surface area contributed by atoms with Crippen molar-refractivity contribution in [2.75, 3.05) is 38.8 Å².